The van der Waals surface area contributed by atoms with E-state index in [1.165, 1.54) is 6.07 Å². The molecule has 0 spiro atoms. The van der Waals surface area contributed by atoms with E-state index >= 15 is 0 Å². The third-order valence-electron chi connectivity index (χ3n) is 4.30. The Morgan fingerprint density at radius 1 is 1.31 bits per heavy atom. The molecule has 0 fully saturated rings. The molecule has 1 aromatic rings. The number of ketones is 1. The Balaban J connectivity index is 2.66. The number of carbonyl (C=O) groups is 2. The summed E-state index contributed by atoms with van der Waals surface area (Å²) in [6.07, 6.45) is 2.81. The number of anilines is 1. The number of nitro benzene ring substituents is 1. The van der Waals surface area contributed by atoms with Crippen molar-refractivity contribution < 1.29 is 19.6 Å². The molecule has 1 rings (SSSR count). The molecule has 8 nitrogen and oxygen atoms in total. The molecule has 0 radical (unpaired) electrons. The Morgan fingerprint density at radius 2 is 2.00 bits per heavy atom. The van der Waals surface area contributed by atoms with Gasteiger partial charge in [-0.2, -0.15) is 0 Å². The minimum Gasteiger partial charge on any atom is -0.480 e. The van der Waals surface area contributed by atoms with Crippen LogP contribution < -0.4 is 11.1 Å². The monoisotopic (exact) mass is 365 g/mol. The van der Waals surface area contributed by atoms with Crippen molar-refractivity contribution in [3.63, 3.8) is 0 Å². The van der Waals surface area contributed by atoms with Gasteiger partial charge in [0.1, 0.15) is 5.69 Å². The molecule has 8 heteroatoms. The zero-order valence-corrected chi connectivity index (χ0v) is 15.3. The van der Waals surface area contributed by atoms with Crippen molar-refractivity contribution in [1.82, 2.24) is 0 Å². The van der Waals surface area contributed by atoms with Gasteiger partial charge in [0.15, 0.2) is 11.3 Å². The SMILES string of the molecule is CCCCCC(=O)[C@@](N)(CCCNc1cc(C)ccc1[N+](=O)[O-])C(=O)O. The Hall–Kier alpha value is -2.48. The first-order valence-corrected chi connectivity index (χ1v) is 8.77. The number of Topliss-reactive ketones (excluding diaryl/α,β-unsaturated/α-hetero) is 1. The largest absolute Gasteiger partial charge is 0.480 e. The molecule has 0 saturated carbocycles. The van der Waals surface area contributed by atoms with Gasteiger partial charge in [-0.1, -0.05) is 25.8 Å². The van der Waals surface area contributed by atoms with E-state index in [2.05, 4.69) is 5.32 Å². The smallest absolute Gasteiger partial charge is 0.331 e. The van der Waals surface area contributed by atoms with Gasteiger partial charge in [0.2, 0.25) is 0 Å². The number of carboxylic acids is 1. The summed E-state index contributed by atoms with van der Waals surface area (Å²) in [6.45, 7) is 4.09. The highest BCUT2D eigenvalue weighted by atomic mass is 16.6. The van der Waals surface area contributed by atoms with Crippen LogP contribution in [0.15, 0.2) is 18.2 Å². The summed E-state index contributed by atoms with van der Waals surface area (Å²) in [7, 11) is 0. The van der Waals surface area contributed by atoms with Gasteiger partial charge in [-0.05, 0) is 37.8 Å². The number of nitro groups is 1. The molecular weight excluding hydrogens is 338 g/mol. The lowest BCUT2D eigenvalue weighted by Gasteiger charge is -2.23. The molecule has 0 amide bonds. The Labute approximate surface area is 152 Å². The van der Waals surface area contributed by atoms with Crippen LogP contribution in [-0.4, -0.2) is 33.9 Å². The minimum absolute atomic E-state index is 0.0279. The van der Waals surface area contributed by atoms with E-state index < -0.39 is 22.2 Å². The molecule has 0 heterocycles. The van der Waals surface area contributed by atoms with Crippen molar-refractivity contribution in [2.75, 3.05) is 11.9 Å². The van der Waals surface area contributed by atoms with Crippen LogP contribution in [-0.2, 0) is 9.59 Å². The standard InChI is InChI=1S/C18H27N3O5/c1-3-4-5-7-16(22)18(19,17(23)24)10-6-11-20-14-12-13(2)8-9-15(14)21(25)26/h8-9,12,20H,3-7,10-11,19H2,1-2H3,(H,23,24)/t18-/m0/s1. The number of nitrogens with one attached hydrogen (secondary N) is 1. The van der Waals surface area contributed by atoms with Crippen molar-refractivity contribution in [1.29, 1.82) is 0 Å². The molecule has 0 bridgehead atoms. The van der Waals surface area contributed by atoms with Crippen LogP contribution in [0.4, 0.5) is 11.4 Å². The summed E-state index contributed by atoms with van der Waals surface area (Å²) < 4.78 is 0. The average molecular weight is 365 g/mol. The number of benzene rings is 1. The summed E-state index contributed by atoms with van der Waals surface area (Å²) >= 11 is 0. The predicted molar refractivity (Wildman–Crippen MR) is 99.3 cm³/mol. The highest BCUT2D eigenvalue weighted by molar-refractivity contribution is 6.07. The summed E-state index contributed by atoms with van der Waals surface area (Å²) in [5.41, 5.74) is 5.13. The van der Waals surface area contributed by atoms with Gasteiger partial charge in [-0.3, -0.25) is 14.9 Å². The van der Waals surface area contributed by atoms with Crippen LogP contribution in [0.3, 0.4) is 0 Å². The maximum atomic E-state index is 12.2. The first-order valence-electron chi connectivity index (χ1n) is 8.77. The molecule has 0 aliphatic heterocycles. The molecule has 4 N–H and O–H groups in total. The molecule has 0 saturated heterocycles. The molecule has 26 heavy (non-hydrogen) atoms. The second kappa shape index (κ2) is 9.86. The first-order chi connectivity index (χ1) is 12.2. The average Bonchev–Trinajstić information content (AvgIpc) is 2.58. The van der Waals surface area contributed by atoms with Crippen molar-refractivity contribution in [3.8, 4) is 0 Å². The van der Waals surface area contributed by atoms with Crippen LogP contribution in [0.2, 0.25) is 0 Å². The summed E-state index contributed by atoms with van der Waals surface area (Å²) in [4.78, 5) is 34.3. The van der Waals surface area contributed by atoms with Crippen molar-refractivity contribution in [2.45, 2.75) is 57.9 Å². The molecule has 1 aromatic carbocycles. The lowest BCUT2D eigenvalue weighted by Crippen LogP contribution is -2.55. The third kappa shape index (κ3) is 5.80. The number of rotatable bonds is 12. The molecule has 144 valence electrons. The zero-order chi connectivity index (χ0) is 19.7. The van der Waals surface area contributed by atoms with E-state index in [9.17, 15) is 24.8 Å². The quantitative estimate of drug-likeness (QED) is 0.224. The fourth-order valence-electron chi connectivity index (χ4n) is 2.67. The Bertz CT molecular complexity index is 662. The number of hydrogen-bond donors (Lipinski definition) is 3. The fraction of sp³-hybridized carbons (Fsp3) is 0.556. The van der Waals surface area contributed by atoms with E-state index in [1.54, 1.807) is 12.1 Å². The number of hydrogen-bond acceptors (Lipinski definition) is 6. The number of aliphatic carboxylic acids is 1. The van der Waals surface area contributed by atoms with Gasteiger partial charge >= 0.3 is 5.97 Å². The Kier molecular flexibility index (Phi) is 8.18. The van der Waals surface area contributed by atoms with Crippen LogP contribution >= 0.6 is 0 Å². The second-order valence-electron chi connectivity index (χ2n) is 6.46. The summed E-state index contributed by atoms with van der Waals surface area (Å²) in [5, 5.41) is 23.4. The fourth-order valence-corrected chi connectivity index (χ4v) is 2.67. The third-order valence-corrected chi connectivity index (χ3v) is 4.30. The first kappa shape index (κ1) is 21.6. The molecule has 0 aliphatic carbocycles. The van der Waals surface area contributed by atoms with Crippen molar-refractivity contribution in [2.24, 2.45) is 5.73 Å². The molecule has 0 aliphatic rings. The van der Waals surface area contributed by atoms with Crippen LogP contribution in [0.25, 0.3) is 0 Å². The Morgan fingerprint density at radius 3 is 2.58 bits per heavy atom. The number of carboxylic acid groups (broad SMARTS) is 1. The highest BCUT2D eigenvalue weighted by Gasteiger charge is 2.40. The van der Waals surface area contributed by atoms with E-state index in [-0.39, 0.29) is 25.1 Å². The number of unbranched alkanes of at least 4 members (excludes halogenated alkanes) is 2. The van der Waals surface area contributed by atoms with Gasteiger partial charge in [0, 0.05) is 19.0 Å². The molecule has 1 atom stereocenters. The maximum Gasteiger partial charge on any atom is 0.331 e. The minimum atomic E-state index is -1.91. The van der Waals surface area contributed by atoms with Crippen molar-refractivity contribution in [3.05, 3.63) is 33.9 Å². The highest BCUT2D eigenvalue weighted by Crippen LogP contribution is 2.25. The number of nitrogens with two attached hydrogens (primary N) is 1. The predicted octanol–water partition coefficient (Wildman–Crippen LogP) is 3.03. The molecule has 0 unspecified atom stereocenters. The normalized spacial score (nSPS) is 13.0. The maximum absolute atomic E-state index is 12.2. The second-order valence-corrected chi connectivity index (χ2v) is 6.46. The molecule has 0 aromatic heterocycles. The topological polar surface area (TPSA) is 136 Å². The molecular formula is C18H27N3O5. The summed E-state index contributed by atoms with van der Waals surface area (Å²) in [5.74, 6) is -1.81. The van der Waals surface area contributed by atoms with Gasteiger partial charge in [0.05, 0.1) is 4.92 Å². The van der Waals surface area contributed by atoms with E-state index in [0.717, 1.165) is 18.4 Å². The van der Waals surface area contributed by atoms with E-state index in [0.29, 0.717) is 18.5 Å². The van der Waals surface area contributed by atoms with Gasteiger partial charge < -0.3 is 16.2 Å². The lowest BCUT2D eigenvalue weighted by atomic mass is 9.87. The lowest BCUT2D eigenvalue weighted by molar-refractivity contribution is -0.384. The van der Waals surface area contributed by atoms with Crippen LogP contribution in [0.1, 0.15) is 51.0 Å². The van der Waals surface area contributed by atoms with Crippen LogP contribution in [0, 0.1) is 17.0 Å². The summed E-state index contributed by atoms with van der Waals surface area (Å²) in [6, 6.07) is 4.72. The van der Waals surface area contributed by atoms with Crippen LogP contribution in [0.5, 0.6) is 0 Å². The van der Waals surface area contributed by atoms with E-state index in [4.69, 9.17) is 5.73 Å². The van der Waals surface area contributed by atoms with Gasteiger partial charge in [0.25, 0.3) is 5.69 Å². The zero-order valence-electron chi connectivity index (χ0n) is 15.3. The number of carbonyl (C=O) groups excluding carboxylic acids is 1. The van der Waals surface area contributed by atoms with Crippen molar-refractivity contribution >= 4 is 23.1 Å². The number of aryl methyl sites for hydroxylation is 1. The number of nitrogens with zero attached hydrogens (tertiary/aromatic N) is 1. The van der Waals surface area contributed by atoms with Gasteiger partial charge in [-0.25, -0.2) is 4.79 Å². The van der Waals surface area contributed by atoms with Gasteiger partial charge in [-0.15, -0.1) is 0 Å². The van der Waals surface area contributed by atoms with E-state index in [1.807, 2.05) is 13.8 Å².